The summed E-state index contributed by atoms with van der Waals surface area (Å²) in [6.45, 7) is 13.6. The molecule has 4 heteroatoms. The number of rotatable bonds is 8. The van der Waals surface area contributed by atoms with Crippen molar-refractivity contribution in [3.8, 4) is 0 Å². The van der Waals surface area contributed by atoms with Crippen LogP contribution in [0, 0.1) is 17.3 Å². The smallest absolute Gasteiger partial charge is 0.296 e. The van der Waals surface area contributed by atoms with E-state index < -0.39 is 11.7 Å². The summed E-state index contributed by atoms with van der Waals surface area (Å²) in [5.41, 5.74) is 1.18. The molecule has 2 rings (SSSR count). The van der Waals surface area contributed by atoms with E-state index in [1.165, 1.54) is 37.8 Å². The van der Waals surface area contributed by atoms with Crippen LogP contribution < -0.4 is 0 Å². The summed E-state index contributed by atoms with van der Waals surface area (Å²) in [5, 5.41) is 0. The van der Waals surface area contributed by atoms with Crippen LogP contribution in [0.5, 0.6) is 0 Å². The van der Waals surface area contributed by atoms with Gasteiger partial charge in [-0.3, -0.25) is 4.90 Å². The molecule has 1 saturated heterocycles. The monoisotopic (exact) mass is 410 g/mol. The van der Waals surface area contributed by atoms with Crippen LogP contribution in [-0.4, -0.2) is 18.0 Å². The zero-order valence-corrected chi connectivity index (χ0v) is 18.9. The largest absolute Gasteiger partial charge is 0.416 e. The standard InChI is InChI=1S/C25H39F3N/c1-23(2,3)15-8-16-24(4,5)17-9-19-29-18-7-6-10-22(29)20-11-13-21(14-12-20)25(26,27)28/h6,11-14,22H,7-10,15-19H2,1-5H3. The molecule has 1 atom stereocenters. The lowest BCUT2D eigenvalue weighted by Crippen LogP contribution is -2.35. The second-order valence-electron chi connectivity index (χ2n) is 10.7. The van der Waals surface area contributed by atoms with Gasteiger partial charge >= 0.3 is 6.18 Å². The van der Waals surface area contributed by atoms with Crippen molar-refractivity contribution in [1.29, 1.82) is 0 Å². The fourth-order valence-corrected chi connectivity index (χ4v) is 4.33. The van der Waals surface area contributed by atoms with E-state index >= 15 is 0 Å². The molecular weight excluding hydrogens is 371 g/mol. The van der Waals surface area contributed by atoms with Crippen LogP contribution in [0.25, 0.3) is 0 Å². The van der Waals surface area contributed by atoms with E-state index in [9.17, 15) is 13.2 Å². The van der Waals surface area contributed by atoms with Crippen LogP contribution in [0.1, 0.15) is 96.7 Å². The number of piperidine rings is 1. The molecule has 1 aliphatic rings. The molecule has 1 aromatic rings. The van der Waals surface area contributed by atoms with Crippen molar-refractivity contribution in [2.24, 2.45) is 10.8 Å². The fraction of sp³-hybridized carbons (Fsp3) is 0.720. The van der Waals surface area contributed by atoms with Crippen molar-refractivity contribution in [3.63, 3.8) is 0 Å². The second-order valence-corrected chi connectivity index (χ2v) is 10.7. The Labute approximate surface area is 176 Å². The van der Waals surface area contributed by atoms with Crippen molar-refractivity contribution in [3.05, 3.63) is 41.8 Å². The summed E-state index contributed by atoms with van der Waals surface area (Å²) < 4.78 is 38.6. The Morgan fingerprint density at radius 1 is 0.897 bits per heavy atom. The summed E-state index contributed by atoms with van der Waals surface area (Å²) in [6.07, 6.45) is 6.09. The highest BCUT2D eigenvalue weighted by Crippen LogP contribution is 2.36. The van der Waals surface area contributed by atoms with Gasteiger partial charge in [0.05, 0.1) is 5.56 Å². The highest BCUT2D eigenvalue weighted by atomic mass is 19.4. The first-order valence-corrected chi connectivity index (χ1v) is 11.1. The lowest BCUT2D eigenvalue weighted by Gasteiger charge is -2.37. The Bertz CT molecular complexity index is 610. The number of halogens is 3. The predicted octanol–water partition coefficient (Wildman–Crippen LogP) is 8.07. The molecule has 1 aromatic carbocycles. The molecule has 0 amide bonds. The average molecular weight is 411 g/mol. The Morgan fingerprint density at radius 3 is 2.10 bits per heavy atom. The van der Waals surface area contributed by atoms with Crippen LogP contribution in [0.4, 0.5) is 13.2 Å². The molecular formula is C25H39F3N. The van der Waals surface area contributed by atoms with Crippen molar-refractivity contribution >= 4 is 0 Å². The maximum Gasteiger partial charge on any atom is 0.416 e. The summed E-state index contributed by atoms with van der Waals surface area (Å²) in [7, 11) is 0. The molecule has 0 saturated carbocycles. The van der Waals surface area contributed by atoms with Crippen molar-refractivity contribution in [1.82, 2.24) is 4.90 Å². The van der Waals surface area contributed by atoms with E-state index in [2.05, 4.69) is 45.9 Å². The molecule has 29 heavy (non-hydrogen) atoms. The minimum absolute atomic E-state index is 0.204. The Kier molecular flexibility index (Phi) is 8.23. The molecule has 1 radical (unpaired) electrons. The molecule has 1 nitrogen and oxygen atoms in total. The molecule has 0 bridgehead atoms. The zero-order valence-electron chi connectivity index (χ0n) is 18.9. The average Bonchev–Trinajstić information content (AvgIpc) is 2.60. The number of benzene rings is 1. The Balaban J connectivity index is 1.88. The Hall–Kier alpha value is -1.03. The minimum atomic E-state index is -4.27. The fourth-order valence-electron chi connectivity index (χ4n) is 4.33. The van der Waals surface area contributed by atoms with Gasteiger partial charge in [0.25, 0.3) is 0 Å². The van der Waals surface area contributed by atoms with Crippen molar-refractivity contribution in [2.45, 2.75) is 91.8 Å². The lowest BCUT2D eigenvalue weighted by atomic mass is 9.79. The molecule has 0 N–H and O–H groups in total. The third-order valence-electron chi connectivity index (χ3n) is 6.15. The first-order chi connectivity index (χ1) is 13.4. The van der Waals surface area contributed by atoms with Gasteiger partial charge in [-0.1, -0.05) is 53.2 Å². The number of likely N-dealkylation sites (tertiary alicyclic amines) is 1. The van der Waals surface area contributed by atoms with Gasteiger partial charge in [0.2, 0.25) is 0 Å². The van der Waals surface area contributed by atoms with Gasteiger partial charge < -0.3 is 0 Å². The van der Waals surface area contributed by atoms with Crippen molar-refractivity contribution < 1.29 is 13.2 Å². The Morgan fingerprint density at radius 2 is 1.52 bits per heavy atom. The molecule has 165 valence electrons. The summed E-state index contributed by atoms with van der Waals surface area (Å²) >= 11 is 0. The molecule has 1 unspecified atom stereocenters. The third-order valence-corrected chi connectivity index (χ3v) is 6.15. The van der Waals surface area contributed by atoms with E-state index in [4.69, 9.17) is 0 Å². The first-order valence-electron chi connectivity index (χ1n) is 11.1. The summed E-state index contributed by atoms with van der Waals surface area (Å²) in [6, 6.07) is 5.97. The first kappa shape index (κ1) is 24.2. The highest BCUT2D eigenvalue weighted by molar-refractivity contribution is 5.27. The quantitative estimate of drug-likeness (QED) is 0.419. The van der Waals surface area contributed by atoms with Gasteiger partial charge in [-0.05, 0) is 86.6 Å². The van der Waals surface area contributed by atoms with Gasteiger partial charge in [-0.25, -0.2) is 0 Å². The van der Waals surface area contributed by atoms with Gasteiger partial charge in [-0.15, -0.1) is 0 Å². The van der Waals surface area contributed by atoms with Gasteiger partial charge in [0.15, 0.2) is 0 Å². The zero-order chi connectivity index (χ0) is 21.7. The summed E-state index contributed by atoms with van der Waals surface area (Å²) in [5.74, 6) is 0. The van der Waals surface area contributed by atoms with Crippen LogP contribution in [-0.2, 0) is 6.18 Å². The topological polar surface area (TPSA) is 3.24 Å². The summed E-state index contributed by atoms with van der Waals surface area (Å²) in [4.78, 5) is 2.47. The molecule has 1 aliphatic heterocycles. The van der Waals surface area contributed by atoms with Crippen LogP contribution in [0.15, 0.2) is 24.3 Å². The molecule has 0 aliphatic carbocycles. The van der Waals surface area contributed by atoms with Gasteiger partial charge in [0.1, 0.15) is 0 Å². The van der Waals surface area contributed by atoms with E-state index in [-0.39, 0.29) is 6.04 Å². The van der Waals surface area contributed by atoms with E-state index in [1.54, 1.807) is 12.1 Å². The number of hydrogen-bond donors (Lipinski definition) is 0. The van der Waals surface area contributed by atoms with Crippen LogP contribution in [0.2, 0.25) is 0 Å². The molecule has 0 spiro atoms. The van der Waals surface area contributed by atoms with E-state index in [1.807, 2.05) is 0 Å². The van der Waals surface area contributed by atoms with Crippen molar-refractivity contribution in [2.75, 3.05) is 13.1 Å². The van der Waals surface area contributed by atoms with Gasteiger partial charge in [0, 0.05) is 6.04 Å². The van der Waals surface area contributed by atoms with Crippen LogP contribution >= 0.6 is 0 Å². The minimum Gasteiger partial charge on any atom is -0.296 e. The number of nitrogens with zero attached hydrogens (tertiary/aromatic N) is 1. The number of hydrogen-bond acceptors (Lipinski definition) is 1. The highest BCUT2D eigenvalue weighted by Gasteiger charge is 2.31. The predicted molar refractivity (Wildman–Crippen MR) is 116 cm³/mol. The maximum absolute atomic E-state index is 12.9. The second kappa shape index (κ2) is 9.85. The van der Waals surface area contributed by atoms with Crippen LogP contribution in [0.3, 0.4) is 0 Å². The van der Waals surface area contributed by atoms with E-state index in [0.717, 1.165) is 37.9 Å². The maximum atomic E-state index is 12.9. The lowest BCUT2D eigenvalue weighted by molar-refractivity contribution is -0.137. The van der Waals surface area contributed by atoms with Gasteiger partial charge in [-0.2, -0.15) is 13.2 Å². The third kappa shape index (κ3) is 8.32. The molecule has 1 fully saturated rings. The SMILES string of the molecule is CC(C)(C)CCCC(C)(C)CCCN1CC[CH]CC1c1ccc(C(F)(F)F)cc1. The normalized spacial score (nSPS) is 19.5. The molecule has 0 aromatic heterocycles. The van der Waals surface area contributed by atoms with E-state index in [0.29, 0.717) is 10.8 Å². The molecule has 1 heterocycles. The number of alkyl halides is 3.